The van der Waals surface area contributed by atoms with Crippen LogP contribution in [0.2, 0.25) is 0 Å². The van der Waals surface area contributed by atoms with Gasteiger partial charge in [-0.3, -0.25) is 14.3 Å². The van der Waals surface area contributed by atoms with Crippen molar-refractivity contribution >= 4 is 21.6 Å². The summed E-state index contributed by atoms with van der Waals surface area (Å²) >= 11 is 0. The molecule has 1 saturated heterocycles. The van der Waals surface area contributed by atoms with Gasteiger partial charge in [0.05, 0.1) is 22.9 Å². The maximum Gasteiger partial charge on any atom is 0.296 e. The standard InChI is InChI=1S/C25H30N4O5S/c1-4-34-21-12-14-22(15-13-21)35(32,33)28(18-23(30)27-16-8-9-17-27)24-19(2)26(3)29(25(24)31)20-10-6-5-7-11-20/h5-7,10-15H,4,8-9,16-18H2,1-3H3. The molecule has 0 bridgehead atoms. The number of hydrogen-bond acceptors (Lipinski definition) is 5. The lowest BCUT2D eigenvalue weighted by Crippen LogP contribution is -2.44. The van der Waals surface area contributed by atoms with E-state index in [1.165, 1.54) is 16.8 Å². The van der Waals surface area contributed by atoms with Crippen LogP contribution in [-0.4, -0.2) is 54.8 Å². The van der Waals surface area contributed by atoms with Crippen LogP contribution < -0.4 is 14.6 Å². The number of likely N-dealkylation sites (tertiary alicyclic amines) is 1. The topological polar surface area (TPSA) is 93.8 Å². The second kappa shape index (κ2) is 9.99. The number of anilines is 1. The first-order valence-electron chi connectivity index (χ1n) is 11.6. The van der Waals surface area contributed by atoms with Crippen LogP contribution in [0.5, 0.6) is 5.75 Å². The summed E-state index contributed by atoms with van der Waals surface area (Å²) in [6, 6.07) is 15.0. The van der Waals surface area contributed by atoms with Crippen molar-refractivity contribution in [1.82, 2.24) is 14.3 Å². The minimum Gasteiger partial charge on any atom is -0.494 e. The van der Waals surface area contributed by atoms with E-state index >= 15 is 0 Å². The Balaban J connectivity index is 1.84. The monoisotopic (exact) mass is 498 g/mol. The molecule has 0 saturated carbocycles. The minimum atomic E-state index is -4.24. The highest BCUT2D eigenvalue weighted by molar-refractivity contribution is 7.92. The maximum atomic E-state index is 13.9. The van der Waals surface area contributed by atoms with E-state index in [-0.39, 0.29) is 16.5 Å². The molecule has 1 aromatic heterocycles. The number of carbonyl (C=O) groups excluding carboxylic acids is 1. The van der Waals surface area contributed by atoms with Crippen molar-refractivity contribution in [3.63, 3.8) is 0 Å². The summed E-state index contributed by atoms with van der Waals surface area (Å²) in [6.07, 6.45) is 1.76. The molecule has 4 rings (SSSR count). The van der Waals surface area contributed by atoms with E-state index in [1.807, 2.05) is 13.0 Å². The summed E-state index contributed by atoms with van der Waals surface area (Å²) in [6.45, 7) is 4.67. The van der Waals surface area contributed by atoms with Gasteiger partial charge < -0.3 is 9.64 Å². The molecule has 0 radical (unpaired) electrons. The number of ether oxygens (including phenoxy) is 1. The molecule has 0 spiro atoms. The SMILES string of the molecule is CCOc1ccc(S(=O)(=O)N(CC(=O)N2CCCC2)c2c(C)n(C)n(-c3ccccc3)c2=O)cc1. The summed E-state index contributed by atoms with van der Waals surface area (Å²) in [5.41, 5.74) is 0.471. The van der Waals surface area contributed by atoms with Crippen LogP contribution in [0.4, 0.5) is 5.69 Å². The average molecular weight is 499 g/mol. The van der Waals surface area contributed by atoms with E-state index in [0.29, 0.717) is 36.8 Å². The van der Waals surface area contributed by atoms with Crippen molar-refractivity contribution in [3.05, 3.63) is 70.6 Å². The fourth-order valence-electron chi connectivity index (χ4n) is 4.32. The van der Waals surface area contributed by atoms with Crippen LogP contribution in [0.1, 0.15) is 25.5 Å². The molecule has 1 aliphatic heterocycles. The first kappa shape index (κ1) is 24.6. The van der Waals surface area contributed by atoms with Crippen LogP contribution in [-0.2, 0) is 21.9 Å². The molecule has 9 nitrogen and oxygen atoms in total. The molecule has 1 aliphatic rings. The molecule has 186 valence electrons. The molecule has 0 N–H and O–H groups in total. The zero-order valence-corrected chi connectivity index (χ0v) is 21.0. The highest BCUT2D eigenvalue weighted by Gasteiger charge is 2.34. The summed E-state index contributed by atoms with van der Waals surface area (Å²) in [5, 5.41) is 0. The summed E-state index contributed by atoms with van der Waals surface area (Å²) in [5.74, 6) is 0.208. The Labute approximate surface area is 205 Å². The maximum absolute atomic E-state index is 13.9. The van der Waals surface area contributed by atoms with Gasteiger partial charge in [0.2, 0.25) is 5.91 Å². The number of nitrogens with zero attached hydrogens (tertiary/aromatic N) is 4. The first-order chi connectivity index (χ1) is 16.8. The van der Waals surface area contributed by atoms with Crippen molar-refractivity contribution in [2.45, 2.75) is 31.6 Å². The number of carbonyl (C=O) groups is 1. The number of sulfonamides is 1. The average Bonchev–Trinajstić information content (AvgIpc) is 3.46. The quantitative estimate of drug-likeness (QED) is 0.476. The van der Waals surface area contributed by atoms with Crippen molar-refractivity contribution in [3.8, 4) is 11.4 Å². The van der Waals surface area contributed by atoms with Crippen LogP contribution in [0.15, 0.2) is 64.3 Å². The molecule has 1 fully saturated rings. The van der Waals surface area contributed by atoms with Gasteiger partial charge in [-0.05, 0) is 63.1 Å². The number of para-hydroxylation sites is 1. The van der Waals surface area contributed by atoms with Gasteiger partial charge in [-0.15, -0.1) is 0 Å². The number of aromatic nitrogens is 2. The Bertz CT molecular complexity index is 1360. The normalized spacial score (nSPS) is 13.7. The van der Waals surface area contributed by atoms with Gasteiger partial charge in [-0.2, -0.15) is 0 Å². The number of amides is 1. The second-order valence-corrected chi connectivity index (χ2v) is 10.3. The van der Waals surface area contributed by atoms with Crippen LogP contribution in [0.3, 0.4) is 0 Å². The van der Waals surface area contributed by atoms with Gasteiger partial charge in [-0.1, -0.05) is 18.2 Å². The molecule has 35 heavy (non-hydrogen) atoms. The highest BCUT2D eigenvalue weighted by atomic mass is 32.2. The Kier molecular flexibility index (Phi) is 7.02. The number of benzene rings is 2. The summed E-state index contributed by atoms with van der Waals surface area (Å²) in [7, 11) is -2.55. The van der Waals surface area contributed by atoms with Crippen molar-refractivity contribution < 1.29 is 17.9 Å². The van der Waals surface area contributed by atoms with Crippen LogP contribution >= 0.6 is 0 Å². The molecule has 0 aliphatic carbocycles. The van der Waals surface area contributed by atoms with Gasteiger partial charge in [0.1, 0.15) is 18.0 Å². The first-order valence-corrected chi connectivity index (χ1v) is 13.1. The summed E-state index contributed by atoms with van der Waals surface area (Å²) < 4.78 is 37.1. The predicted octanol–water partition coefficient (Wildman–Crippen LogP) is 2.70. The van der Waals surface area contributed by atoms with E-state index < -0.39 is 22.1 Å². The van der Waals surface area contributed by atoms with Gasteiger partial charge in [0.15, 0.2) is 0 Å². The fourth-order valence-corrected chi connectivity index (χ4v) is 5.78. The molecule has 2 aromatic carbocycles. The fraction of sp³-hybridized carbons (Fsp3) is 0.360. The Hall–Kier alpha value is -3.53. The zero-order chi connectivity index (χ0) is 25.2. The minimum absolute atomic E-state index is 0.0240. The third-order valence-electron chi connectivity index (χ3n) is 6.23. The van der Waals surface area contributed by atoms with Crippen molar-refractivity contribution in [2.75, 3.05) is 30.5 Å². The van der Waals surface area contributed by atoms with Crippen molar-refractivity contribution in [2.24, 2.45) is 7.05 Å². The van der Waals surface area contributed by atoms with Crippen molar-refractivity contribution in [1.29, 1.82) is 0 Å². The molecular weight excluding hydrogens is 468 g/mol. The third-order valence-corrected chi connectivity index (χ3v) is 7.99. The lowest BCUT2D eigenvalue weighted by Gasteiger charge is -2.25. The predicted molar refractivity (Wildman–Crippen MR) is 134 cm³/mol. The largest absolute Gasteiger partial charge is 0.494 e. The van der Waals surface area contributed by atoms with E-state index in [0.717, 1.165) is 17.1 Å². The number of rotatable bonds is 8. The third kappa shape index (κ3) is 4.70. The smallest absolute Gasteiger partial charge is 0.296 e. The molecule has 10 heteroatoms. The van der Waals surface area contributed by atoms with E-state index in [2.05, 4.69) is 0 Å². The Morgan fingerprint density at radius 1 is 1.03 bits per heavy atom. The lowest BCUT2D eigenvalue weighted by molar-refractivity contribution is -0.128. The molecule has 0 atom stereocenters. The molecule has 0 unspecified atom stereocenters. The number of hydrogen-bond donors (Lipinski definition) is 0. The van der Waals surface area contributed by atoms with Crippen LogP contribution in [0, 0.1) is 6.92 Å². The zero-order valence-electron chi connectivity index (χ0n) is 20.2. The highest BCUT2D eigenvalue weighted by Crippen LogP contribution is 2.27. The Morgan fingerprint density at radius 2 is 1.66 bits per heavy atom. The van der Waals surface area contributed by atoms with Gasteiger partial charge in [0.25, 0.3) is 15.6 Å². The lowest BCUT2D eigenvalue weighted by atomic mass is 10.3. The second-order valence-electron chi connectivity index (χ2n) is 8.41. The molecule has 2 heterocycles. The Morgan fingerprint density at radius 3 is 2.26 bits per heavy atom. The van der Waals surface area contributed by atoms with E-state index in [4.69, 9.17) is 4.74 Å². The molecule has 1 amide bonds. The van der Waals surface area contributed by atoms with E-state index in [1.54, 1.807) is 60.0 Å². The molecule has 3 aromatic rings. The van der Waals surface area contributed by atoms with E-state index in [9.17, 15) is 18.0 Å². The molecular formula is C25H30N4O5S. The van der Waals surface area contributed by atoms with Gasteiger partial charge >= 0.3 is 0 Å². The van der Waals surface area contributed by atoms with Crippen LogP contribution in [0.25, 0.3) is 5.69 Å². The van der Waals surface area contributed by atoms with Gasteiger partial charge in [0, 0.05) is 20.1 Å². The van der Waals surface area contributed by atoms with Gasteiger partial charge in [-0.25, -0.2) is 17.4 Å². The summed E-state index contributed by atoms with van der Waals surface area (Å²) in [4.78, 5) is 28.4.